The van der Waals surface area contributed by atoms with Crippen LogP contribution >= 0.6 is 11.1 Å². The van der Waals surface area contributed by atoms with Crippen LogP contribution in [0.3, 0.4) is 0 Å². The zero-order valence-corrected chi connectivity index (χ0v) is 18.6. The summed E-state index contributed by atoms with van der Waals surface area (Å²) in [7, 11) is 0. The molecule has 34 heavy (non-hydrogen) atoms. The van der Waals surface area contributed by atoms with E-state index in [1.54, 1.807) is 24.3 Å². The van der Waals surface area contributed by atoms with E-state index in [0.29, 0.717) is 5.56 Å². The molecule has 0 spiro atoms. The van der Waals surface area contributed by atoms with E-state index in [1.165, 1.54) is 24.3 Å². The third kappa shape index (κ3) is 4.49. The van der Waals surface area contributed by atoms with Gasteiger partial charge in [-0.05, 0) is 61.0 Å². The van der Waals surface area contributed by atoms with Gasteiger partial charge in [0.15, 0.2) is 0 Å². The smallest absolute Gasteiger partial charge is 0.416 e. The minimum Gasteiger partial charge on any atom is -0.478 e. The number of carbonyl (C=O) groups is 2. The number of ether oxygens (including phenoxy) is 1. The Morgan fingerprint density at radius 2 is 1.68 bits per heavy atom. The highest BCUT2D eigenvalue weighted by Gasteiger charge is 2.33. The Morgan fingerprint density at radius 3 is 2.24 bits per heavy atom. The Hall–Kier alpha value is -3.79. The molecule has 0 radical (unpaired) electrons. The van der Waals surface area contributed by atoms with E-state index in [2.05, 4.69) is 4.40 Å². The van der Waals surface area contributed by atoms with Gasteiger partial charge in [0, 0.05) is 10.1 Å². The molecule has 1 heterocycles. The Bertz CT molecular complexity index is 1290. The van der Waals surface area contributed by atoms with Crippen molar-refractivity contribution in [2.45, 2.75) is 23.2 Å². The van der Waals surface area contributed by atoms with Crippen molar-refractivity contribution in [2.24, 2.45) is 10.1 Å². The van der Waals surface area contributed by atoms with Crippen LogP contribution in [0.15, 0.2) is 76.0 Å². The third-order valence-electron chi connectivity index (χ3n) is 5.35. The number of alkyl halides is 3. The maximum absolute atomic E-state index is 12.9. The third-order valence-corrected chi connectivity index (χ3v) is 7.66. The van der Waals surface area contributed by atoms with Gasteiger partial charge in [-0.1, -0.05) is 18.2 Å². The summed E-state index contributed by atoms with van der Waals surface area (Å²) in [4.78, 5) is 24.1. The summed E-state index contributed by atoms with van der Waals surface area (Å²) in [6.45, 7) is 1.92. The SMILES string of the molecule is CC(c1ccc(C(=O)O)cc1)[SH]1N=C(C(N)=O)c2c(Oc3ccc(C(F)(F)F)cc3)cccc21. The number of benzene rings is 3. The van der Waals surface area contributed by atoms with Gasteiger partial charge in [0.2, 0.25) is 0 Å². The van der Waals surface area contributed by atoms with Gasteiger partial charge in [-0.15, -0.1) is 11.1 Å². The molecule has 0 bridgehead atoms. The first-order chi connectivity index (χ1) is 16.1. The fourth-order valence-electron chi connectivity index (χ4n) is 3.60. The molecular formula is C24H19F3N2O4S. The van der Waals surface area contributed by atoms with Crippen LogP contribution in [-0.2, 0) is 11.0 Å². The summed E-state index contributed by atoms with van der Waals surface area (Å²) in [6.07, 6.45) is -4.47. The highest BCUT2D eigenvalue weighted by molar-refractivity contribution is 8.16. The largest absolute Gasteiger partial charge is 0.478 e. The Balaban J connectivity index is 1.69. The predicted molar refractivity (Wildman–Crippen MR) is 123 cm³/mol. The molecule has 0 fully saturated rings. The molecule has 2 unspecified atom stereocenters. The lowest BCUT2D eigenvalue weighted by Gasteiger charge is -2.23. The average Bonchev–Trinajstić information content (AvgIpc) is 3.19. The number of nitrogens with zero attached hydrogens (tertiary/aromatic N) is 1. The van der Waals surface area contributed by atoms with Crippen LogP contribution in [0.4, 0.5) is 13.2 Å². The summed E-state index contributed by atoms with van der Waals surface area (Å²) in [5, 5.41) is 8.95. The lowest BCUT2D eigenvalue weighted by Crippen LogP contribution is -2.23. The van der Waals surface area contributed by atoms with Crippen LogP contribution < -0.4 is 10.5 Å². The van der Waals surface area contributed by atoms with Crippen molar-refractivity contribution in [1.29, 1.82) is 0 Å². The summed E-state index contributed by atoms with van der Waals surface area (Å²) < 4.78 is 49.0. The Labute approximate surface area is 195 Å². The number of nitrogens with two attached hydrogens (primary N) is 1. The predicted octanol–water partition coefficient (Wildman–Crippen LogP) is 5.52. The normalized spacial score (nSPS) is 16.9. The lowest BCUT2D eigenvalue weighted by atomic mass is 10.1. The van der Waals surface area contributed by atoms with Gasteiger partial charge >= 0.3 is 12.1 Å². The molecule has 3 N–H and O–H groups in total. The van der Waals surface area contributed by atoms with E-state index in [-0.39, 0.29) is 28.0 Å². The molecule has 1 amide bonds. The second kappa shape index (κ2) is 8.86. The van der Waals surface area contributed by atoms with Crippen molar-refractivity contribution in [2.75, 3.05) is 0 Å². The van der Waals surface area contributed by atoms with Gasteiger partial charge in [0.05, 0.1) is 16.7 Å². The first kappa shape index (κ1) is 23.4. The second-order valence-corrected chi connectivity index (χ2v) is 9.68. The highest BCUT2D eigenvalue weighted by Crippen LogP contribution is 2.57. The molecule has 3 aromatic carbocycles. The number of carbonyl (C=O) groups excluding carboxylic acids is 1. The summed E-state index contributed by atoms with van der Waals surface area (Å²) in [5.41, 5.74) is 6.24. The average molecular weight is 488 g/mol. The quantitative estimate of drug-likeness (QED) is 0.398. The van der Waals surface area contributed by atoms with Crippen LogP contribution in [0.1, 0.15) is 39.2 Å². The van der Waals surface area contributed by atoms with Crippen LogP contribution in [0, 0.1) is 0 Å². The van der Waals surface area contributed by atoms with Crippen molar-refractivity contribution in [3.8, 4) is 11.5 Å². The number of hydrogen-bond acceptors (Lipinski definition) is 4. The number of hydrogen-bond donors (Lipinski definition) is 3. The molecule has 6 nitrogen and oxygen atoms in total. The van der Waals surface area contributed by atoms with Crippen molar-refractivity contribution >= 4 is 28.7 Å². The maximum atomic E-state index is 12.9. The Kier molecular flexibility index (Phi) is 6.09. The number of aromatic carboxylic acids is 1. The number of halogens is 3. The fraction of sp³-hybridized carbons (Fsp3) is 0.125. The van der Waals surface area contributed by atoms with Gasteiger partial charge in [-0.3, -0.25) is 4.79 Å². The minimum absolute atomic E-state index is 0.0395. The lowest BCUT2D eigenvalue weighted by molar-refractivity contribution is -0.137. The molecule has 0 aliphatic carbocycles. The van der Waals surface area contributed by atoms with Gasteiger partial charge < -0.3 is 15.6 Å². The maximum Gasteiger partial charge on any atom is 0.416 e. The van der Waals surface area contributed by atoms with E-state index < -0.39 is 34.7 Å². The van der Waals surface area contributed by atoms with Crippen LogP contribution in [0.2, 0.25) is 0 Å². The molecular weight excluding hydrogens is 469 g/mol. The number of carboxylic acid groups (broad SMARTS) is 1. The molecule has 0 saturated carbocycles. The number of primary amides is 1. The summed E-state index contributed by atoms with van der Waals surface area (Å²) >= 11 is -1.30. The summed E-state index contributed by atoms with van der Waals surface area (Å²) in [6, 6.07) is 15.8. The van der Waals surface area contributed by atoms with E-state index in [1.807, 2.05) is 13.0 Å². The van der Waals surface area contributed by atoms with Crippen LogP contribution in [0.25, 0.3) is 0 Å². The Morgan fingerprint density at radius 1 is 1.03 bits per heavy atom. The minimum atomic E-state index is -4.47. The molecule has 2 atom stereocenters. The monoisotopic (exact) mass is 488 g/mol. The zero-order chi connectivity index (χ0) is 24.6. The highest BCUT2D eigenvalue weighted by atomic mass is 32.2. The number of carboxylic acids is 1. The molecule has 3 aromatic rings. The number of thiol groups is 1. The van der Waals surface area contributed by atoms with Crippen LogP contribution in [-0.4, -0.2) is 22.7 Å². The van der Waals surface area contributed by atoms with Crippen LogP contribution in [0.5, 0.6) is 11.5 Å². The molecule has 1 aliphatic rings. The van der Waals surface area contributed by atoms with E-state index in [4.69, 9.17) is 15.6 Å². The topological polar surface area (TPSA) is 102 Å². The van der Waals surface area contributed by atoms with E-state index in [0.717, 1.165) is 22.6 Å². The fourth-order valence-corrected chi connectivity index (χ4v) is 5.85. The number of fused-ring (bicyclic) bond motifs is 1. The van der Waals surface area contributed by atoms with E-state index >= 15 is 0 Å². The van der Waals surface area contributed by atoms with Gasteiger partial charge in [-0.25, -0.2) is 9.19 Å². The summed E-state index contributed by atoms with van der Waals surface area (Å²) in [5.74, 6) is -1.36. The molecule has 1 aliphatic heterocycles. The molecule has 0 aromatic heterocycles. The standard InChI is InChI=1S/C24H19F3N2O4S/c1-13(14-5-7-15(8-6-14)23(31)32)34-19-4-2-3-18(20(19)21(29-34)22(28)30)33-17-11-9-16(10-12-17)24(25,26)27/h2-13,34H,1H3,(H2,28,30)(H,31,32). The molecule has 4 rings (SSSR count). The van der Waals surface area contributed by atoms with Gasteiger partial charge in [0.1, 0.15) is 17.2 Å². The van der Waals surface area contributed by atoms with Crippen molar-refractivity contribution in [1.82, 2.24) is 0 Å². The first-order valence-electron chi connectivity index (χ1n) is 10.1. The number of rotatable bonds is 6. The van der Waals surface area contributed by atoms with Crippen molar-refractivity contribution in [3.05, 3.63) is 89.0 Å². The zero-order valence-electron chi connectivity index (χ0n) is 17.7. The molecule has 0 saturated heterocycles. The first-order valence-corrected chi connectivity index (χ1v) is 11.4. The van der Waals surface area contributed by atoms with Gasteiger partial charge in [0.25, 0.3) is 5.91 Å². The van der Waals surface area contributed by atoms with Crippen molar-refractivity contribution in [3.63, 3.8) is 0 Å². The van der Waals surface area contributed by atoms with Gasteiger partial charge in [-0.2, -0.15) is 13.2 Å². The molecule has 10 heteroatoms. The molecule has 176 valence electrons. The van der Waals surface area contributed by atoms with E-state index in [9.17, 15) is 22.8 Å². The second-order valence-electron chi connectivity index (χ2n) is 7.54. The van der Waals surface area contributed by atoms with Crippen molar-refractivity contribution < 1.29 is 32.6 Å². The number of amides is 1.